The molecule has 0 unspecified atom stereocenters. The first-order valence-corrected chi connectivity index (χ1v) is 8.77. The Morgan fingerprint density at radius 2 is 1.69 bits per heavy atom. The van der Waals surface area contributed by atoms with Gasteiger partial charge in [-0.2, -0.15) is 0 Å². The van der Waals surface area contributed by atoms with Crippen molar-refractivity contribution in [2.45, 2.75) is 32.4 Å². The van der Waals surface area contributed by atoms with Gasteiger partial charge in [0.25, 0.3) is 0 Å². The fourth-order valence-corrected chi connectivity index (χ4v) is 2.85. The zero-order valence-electron chi connectivity index (χ0n) is 15.6. The first-order chi connectivity index (χ1) is 12.6. The van der Waals surface area contributed by atoms with Gasteiger partial charge in [0, 0.05) is 26.4 Å². The second kappa shape index (κ2) is 9.61. The summed E-state index contributed by atoms with van der Waals surface area (Å²) in [5, 5.41) is 2.70. The quantitative estimate of drug-likeness (QED) is 0.793. The van der Waals surface area contributed by atoms with Crippen LogP contribution in [0.1, 0.15) is 24.5 Å². The van der Waals surface area contributed by atoms with Crippen LogP contribution in [0.25, 0.3) is 0 Å². The molecule has 2 aromatic rings. The van der Waals surface area contributed by atoms with Crippen LogP contribution < -0.4 is 10.1 Å². The molecule has 5 heteroatoms. The summed E-state index contributed by atoms with van der Waals surface area (Å²) in [5.41, 5.74) is 1.97. The van der Waals surface area contributed by atoms with Gasteiger partial charge < -0.3 is 15.0 Å². The van der Waals surface area contributed by atoms with E-state index in [1.54, 1.807) is 19.1 Å². The molecule has 1 N–H and O–H groups in total. The highest BCUT2D eigenvalue weighted by molar-refractivity contribution is 5.87. The molecule has 0 bridgehead atoms. The first kappa shape index (κ1) is 19.5. The van der Waals surface area contributed by atoms with Gasteiger partial charge in [-0.15, -0.1) is 0 Å². The van der Waals surface area contributed by atoms with Crippen LogP contribution >= 0.6 is 0 Å². The fourth-order valence-electron chi connectivity index (χ4n) is 2.85. The summed E-state index contributed by atoms with van der Waals surface area (Å²) < 4.78 is 5.18. The summed E-state index contributed by atoms with van der Waals surface area (Å²) in [6.45, 7) is 2.19. The van der Waals surface area contributed by atoms with E-state index in [4.69, 9.17) is 4.74 Å². The van der Waals surface area contributed by atoms with Gasteiger partial charge in [-0.3, -0.25) is 9.59 Å². The Hall–Kier alpha value is -2.82. The molecule has 26 heavy (non-hydrogen) atoms. The first-order valence-electron chi connectivity index (χ1n) is 8.77. The van der Waals surface area contributed by atoms with Crippen molar-refractivity contribution >= 4 is 11.8 Å². The van der Waals surface area contributed by atoms with Crippen LogP contribution in [0.15, 0.2) is 54.6 Å². The number of ether oxygens (including phenoxy) is 1. The Bertz CT molecular complexity index is 714. The summed E-state index contributed by atoms with van der Waals surface area (Å²) in [7, 11) is 3.21. The summed E-state index contributed by atoms with van der Waals surface area (Å²) in [5.74, 6) is 0.545. The van der Waals surface area contributed by atoms with Gasteiger partial charge in [-0.05, 0) is 23.3 Å². The average molecular weight is 354 g/mol. The molecule has 5 nitrogen and oxygen atoms in total. The molecular weight excluding hydrogens is 328 g/mol. The SMILES string of the molecule is CCC(=O)N(Cc1ccc(OC)cc1)[C@@H](Cc1ccccc1)C(=O)NC. The second-order valence-electron chi connectivity index (χ2n) is 6.04. The van der Waals surface area contributed by atoms with Crippen molar-refractivity contribution in [2.24, 2.45) is 0 Å². The third kappa shape index (κ3) is 5.09. The molecule has 0 saturated carbocycles. The van der Waals surface area contributed by atoms with Crippen LogP contribution in [-0.2, 0) is 22.6 Å². The molecular formula is C21H26N2O3. The van der Waals surface area contributed by atoms with Crippen molar-refractivity contribution in [2.75, 3.05) is 14.2 Å². The van der Waals surface area contributed by atoms with Gasteiger partial charge in [-0.25, -0.2) is 0 Å². The summed E-state index contributed by atoms with van der Waals surface area (Å²) in [6, 6.07) is 16.7. The third-order valence-electron chi connectivity index (χ3n) is 4.33. The highest BCUT2D eigenvalue weighted by Gasteiger charge is 2.28. The number of nitrogens with zero attached hydrogens (tertiary/aromatic N) is 1. The topological polar surface area (TPSA) is 58.6 Å². The summed E-state index contributed by atoms with van der Waals surface area (Å²) in [4.78, 5) is 26.8. The predicted octanol–water partition coefficient (Wildman–Crippen LogP) is 2.79. The van der Waals surface area contributed by atoms with Gasteiger partial charge in [0.2, 0.25) is 11.8 Å². The number of methoxy groups -OCH3 is 1. The maximum atomic E-state index is 12.6. The molecule has 2 aromatic carbocycles. The van der Waals surface area contributed by atoms with E-state index in [2.05, 4.69) is 5.32 Å². The number of carbonyl (C=O) groups excluding carboxylic acids is 2. The normalized spacial score (nSPS) is 11.5. The molecule has 0 aliphatic rings. The van der Waals surface area contributed by atoms with Gasteiger partial charge in [0.05, 0.1) is 7.11 Å². The standard InChI is InChI=1S/C21H26N2O3/c1-4-20(24)23(15-17-10-12-18(26-3)13-11-17)19(21(25)22-2)14-16-8-6-5-7-9-16/h5-13,19H,4,14-15H2,1-3H3,(H,22,25)/t19-/m0/s1. The van der Waals surface area contributed by atoms with Crippen molar-refractivity contribution in [3.63, 3.8) is 0 Å². The van der Waals surface area contributed by atoms with E-state index >= 15 is 0 Å². The monoisotopic (exact) mass is 354 g/mol. The van der Waals surface area contributed by atoms with Crippen LogP contribution in [0, 0.1) is 0 Å². The van der Waals surface area contributed by atoms with Crippen molar-refractivity contribution in [1.29, 1.82) is 0 Å². The lowest BCUT2D eigenvalue weighted by Gasteiger charge is -2.31. The van der Waals surface area contributed by atoms with Crippen molar-refractivity contribution in [3.8, 4) is 5.75 Å². The maximum Gasteiger partial charge on any atom is 0.242 e. The average Bonchev–Trinajstić information content (AvgIpc) is 2.70. The number of rotatable bonds is 8. The van der Waals surface area contributed by atoms with E-state index in [-0.39, 0.29) is 11.8 Å². The molecule has 0 radical (unpaired) electrons. The van der Waals surface area contributed by atoms with Crippen molar-refractivity contribution < 1.29 is 14.3 Å². The number of hydrogen-bond donors (Lipinski definition) is 1. The molecule has 0 aliphatic carbocycles. The maximum absolute atomic E-state index is 12.6. The number of likely N-dealkylation sites (N-methyl/N-ethyl adjacent to an activating group) is 1. The van der Waals surface area contributed by atoms with Gasteiger partial charge in [-0.1, -0.05) is 49.4 Å². The molecule has 0 fully saturated rings. The summed E-state index contributed by atoms with van der Waals surface area (Å²) in [6.07, 6.45) is 0.820. The lowest BCUT2D eigenvalue weighted by atomic mass is 10.0. The van der Waals surface area contributed by atoms with Crippen LogP contribution in [0.2, 0.25) is 0 Å². The Kier molecular flexibility index (Phi) is 7.21. The van der Waals surface area contributed by atoms with Crippen LogP contribution in [0.4, 0.5) is 0 Å². The van der Waals surface area contributed by atoms with Crippen molar-refractivity contribution in [1.82, 2.24) is 10.2 Å². The third-order valence-corrected chi connectivity index (χ3v) is 4.33. The number of benzene rings is 2. The minimum atomic E-state index is -0.558. The van der Waals surface area contributed by atoms with Gasteiger partial charge >= 0.3 is 0 Å². The lowest BCUT2D eigenvalue weighted by Crippen LogP contribution is -2.49. The second-order valence-corrected chi connectivity index (χ2v) is 6.04. The van der Waals surface area contributed by atoms with E-state index in [0.29, 0.717) is 19.4 Å². The molecule has 0 saturated heterocycles. The molecule has 0 spiro atoms. The Labute approximate surface area is 155 Å². The van der Waals surface area contributed by atoms with Gasteiger partial charge in [0.15, 0.2) is 0 Å². The predicted molar refractivity (Wildman–Crippen MR) is 102 cm³/mol. The number of nitrogens with one attached hydrogen (secondary N) is 1. The van der Waals surface area contributed by atoms with E-state index < -0.39 is 6.04 Å². The zero-order valence-corrected chi connectivity index (χ0v) is 15.6. The zero-order chi connectivity index (χ0) is 18.9. The molecule has 2 amide bonds. The van der Waals surface area contributed by atoms with E-state index in [0.717, 1.165) is 16.9 Å². The summed E-state index contributed by atoms with van der Waals surface area (Å²) >= 11 is 0. The highest BCUT2D eigenvalue weighted by Crippen LogP contribution is 2.17. The molecule has 138 valence electrons. The smallest absolute Gasteiger partial charge is 0.242 e. The number of carbonyl (C=O) groups is 2. The largest absolute Gasteiger partial charge is 0.497 e. The fraction of sp³-hybridized carbons (Fsp3) is 0.333. The molecule has 2 rings (SSSR count). The number of amides is 2. The minimum absolute atomic E-state index is 0.0506. The van der Waals surface area contributed by atoms with Crippen molar-refractivity contribution in [3.05, 3.63) is 65.7 Å². The van der Waals surface area contributed by atoms with E-state index in [9.17, 15) is 9.59 Å². The molecule has 0 aromatic heterocycles. The van der Waals surface area contributed by atoms with Gasteiger partial charge in [0.1, 0.15) is 11.8 Å². The molecule has 0 aliphatic heterocycles. The van der Waals surface area contributed by atoms with Crippen LogP contribution in [0.5, 0.6) is 5.75 Å². The van der Waals surface area contributed by atoms with Crippen LogP contribution in [0.3, 0.4) is 0 Å². The highest BCUT2D eigenvalue weighted by atomic mass is 16.5. The Morgan fingerprint density at radius 1 is 1.04 bits per heavy atom. The molecule has 0 heterocycles. The minimum Gasteiger partial charge on any atom is -0.497 e. The van der Waals surface area contributed by atoms with Crippen LogP contribution in [-0.4, -0.2) is 36.9 Å². The van der Waals surface area contributed by atoms with E-state index in [1.165, 1.54) is 0 Å². The number of hydrogen-bond acceptors (Lipinski definition) is 3. The Balaban J connectivity index is 2.29. The Morgan fingerprint density at radius 3 is 2.23 bits per heavy atom. The van der Waals surface area contributed by atoms with E-state index in [1.807, 2.05) is 61.5 Å². The lowest BCUT2D eigenvalue weighted by molar-refractivity contribution is -0.140. The molecule has 1 atom stereocenters.